The number of hydrogen-bond donors (Lipinski definition) is 2. The molecule has 0 unspecified atom stereocenters. The highest BCUT2D eigenvalue weighted by molar-refractivity contribution is 5.62. The Bertz CT molecular complexity index is 887. The molecule has 3 N–H and O–H groups in total. The number of nitrogens with two attached hydrogens (primary N) is 1. The van der Waals surface area contributed by atoms with E-state index in [9.17, 15) is 9.59 Å². The summed E-state index contributed by atoms with van der Waals surface area (Å²) in [7, 11) is 0. The van der Waals surface area contributed by atoms with Crippen molar-refractivity contribution in [2.45, 2.75) is 32.9 Å². The van der Waals surface area contributed by atoms with Crippen LogP contribution in [0, 0.1) is 0 Å². The average molecular weight is 402 g/mol. The maximum Gasteiger partial charge on any atom is 0.330 e. The molecule has 2 aromatic rings. The van der Waals surface area contributed by atoms with E-state index in [2.05, 4.69) is 16.8 Å². The molecule has 0 aliphatic carbocycles. The normalized spacial score (nSPS) is 14.8. The van der Waals surface area contributed by atoms with Gasteiger partial charge < -0.3 is 15.4 Å². The molecular formula is C21H31N5O3. The summed E-state index contributed by atoms with van der Waals surface area (Å²) in [6.07, 6.45) is 1.76. The molecule has 1 aliphatic rings. The quantitative estimate of drug-likeness (QED) is 0.657. The molecule has 1 aromatic carbocycles. The van der Waals surface area contributed by atoms with E-state index in [-0.39, 0.29) is 5.82 Å². The van der Waals surface area contributed by atoms with Crippen LogP contribution in [0.15, 0.2) is 39.9 Å². The van der Waals surface area contributed by atoms with E-state index in [0.29, 0.717) is 25.3 Å². The maximum absolute atomic E-state index is 12.7. The molecule has 0 amide bonds. The van der Waals surface area contributed by atoms with Gasteiger partial charge in [0.2, 0.25) is 0 Å². The summed E-state index contributed by atoms with van der Waals surface area (Å²) in [4.78, 5) is 31.8. The van der Waals surface area contributed by atoms with Crippen LogP contribution < -0.4 is 21.9 Å². The Labute approximate surface area is 170 Å². The first-order chi connectivity index (χ1) is 14.1. The number of morpholine rings is 1. The Balaban J connectivity index is 1.91. The lowest BCUT2D eigenvalue weighted by molar-refractivity contribution is 0.0391. The van der Waals surface area contributed by atoms with Crippen molar-refractivity contribution in [1.82, 2.24) is 14.5 Å². The summed E-state index contributed by atoms with van der Waals surface area (Å²) in [6.45, 7) is 7.72. The Morgan fingerprint density at radius 3 is 2.55 bits per heavy atom. The smallest absolute Gasteiger partial charge is 0.330 e. The van der Waals surface area contributed by atoms with Crippen LogP contribution in [0.4, 0.5) is 11.5 Å². The van der Waals surface area contributed by atoms with Gasteiger partial charge in [0.15, 0.2) is 0 Å². The highest BCUT2D eigenvalue weighted by Gasteiger charge is 2.20. The second-order valence-corrected chi connectivity index (χ2v) is 7.36. The molecule has 0 bridgehead atoms. The molecule has 0 radical (unpaired) electrons. The molecule has 8 nitrogen and oxygen atoms in total. The van der Waals surface area contributed by atoms with Crippen molar-refractivity contribution in [3.05, 3.63) is 56.7 Å². The van der Waals surface area contributed by atoms with Crippen LogP contribution in [0.2, 0.25) is 0 Å². The summed E-state index contributed by atoms with van der Waals surface area (Å²) < 4.78 is 6.90. The zero-order chi connectivity index (χ0) is 20.6. The minimum Gasteiger partial charge on any atom is -0.383 e. The van der Waals surface area contributed by atoms with E-state index in [4.69, 9.17) is 10.5 Å². The third-order valence-corrected chi connectivity index (χ3v) is 5.27. The van der Waals surface area contributed by atoms with E-state index < -0.39 is 11.2 Å². The number of rotatable bonds is 9. The molecule has 0 spiro atoms. The van der Waals surface area contributed by atoms with E-state index in [1.807, 2.05) is 35.2 Å². The molecule has 3 rings (SSSR count). The largest absolute Gasteiger partial charge is 0.383 e. The predicted molar refractivity (Wildman–Crippen MR) is 115 cm³/mol. The van der Waals surface area contributed by atoms with E-state index in [1.165, 1.54) is 4.57 Å². The topological polar surface area (TPSA) is 96.6 Å². The number of nitrogens with one attached hydrogen (secondary N) is 1. The Hall–Kier alpha value is -2.58. The van der Waals surface area contributed by atoms with E-state index in [1.54, 1.807) is 0 Å². The Morgan fingerprint density at radius 2 is 1.86 bits per heavy atom. The fourth-order valence-corrected chi connectivity index (χ4v) is 3.58. The lowest BCUT2D eigenvalue weighted by Crippen LogP contribution is -2.44. The Morgan fingerprint density at radius 1 is 1.14 bits per heavy atom. The van der Waals surface area contributed by atoms with Crippen LogP contribution in [0.3, 0.4) is 0 Å². The number of anilines is 2. The second kappa shape index (κ2) is 10.3. The van der Waals surface area contributed by atoms with Crippen molar-refractivity contribution in [3.8, 4) is 0 Å². The standard InChI is InChI=1S/C21H31N5O3/c1-2-3-9-26-19(22)18(20(27)23-21(26)28)25(16-17-7-5-4-6-8-17)11-10-24-12-14-29-15-13-24/h4-8H,2-3,9-16,22H2,1H3,(H,23,27,28). The molecule has 158 valence electrons. The van der Waals surface area contributed by atoms with Crippen molar-refractivity contribution < 1.29 is 4.74 Å². The van der Waals surface area contributed by atoms with Crippen LogP contribution in [-0.2, 0) is 17.8 Å². The molecule has 0 atom stereocenters. The number of aromatic nitrogens is 2. The molecular weight excluding hydrogens is 370 g/mol. The zero-order valence-corrected chi connectivity index (χ0v) is 17.1. The molecule has 29 heavy (non-hydrogen) atoms. The number of ether oxygens (including phenoxy) is 1. The molecule has 1 fully saturated rings. The second-order valence-electron chi connectivity index (χ2n) is 7.36. The van der Waals surface area contributed by atoms with Gasteiger partial charge in [-0.25, -0.2) is 4.79 Å². The van der Waals surface area contributed by atoms with Crippen molar-refractivity contribution in [3.63, 3.8) is 0 Å². The van der Waals surface area contributed by atoms with Crippen LogP contribution in [-0.4, -0.2) is 53.8 Å². The summed E-state index contributed by atoms with van der Waals surface area (Å²) in [5, 5.41) is 0. The van der Waals surface area contributed by atoms with Gasteiger partial charge in [-0.15, -0.1) is 0 Å². The van der Waals surface area contributed by atoms with Gasteiger partial charge in [-0.2, -0.15) is 0 Å². The van der Waals surface area contributed by atoms with Crippen LogP contribution in [0.5, 0.6) is 0 Å². The third kappa shape index (κ3) is 5.48. The van der Waals surface area contributed by atoms with Gasteiger partial charge in [0.1, 0.15) is 11.5 Å². The van der Waals surface area contributed by atoms with E-state index in [0.717, 1.165) is 51.3 Å². The van der Waals surface area contributed by atoms with Crippen LogP contribution >= 0.6 is 0 Å². The van der Waals surface area contributed by atoms with Gasteiger partial charge in [-0.05, 0) is 12.0 Å². The van der Waals surface area contributed by atoms with Gasteiger partial charge in [0.05, 0.1) is 13.2 Å². The minimum absolute atomic E-state index is 0.241. The molecule has 8 heteroatoms. The van der Waals surface area contributed by atoms with Crippen molar-refractivity contribution >= 4 is 11.5 Å². The first-order valence-corrected chi connectivity index (χ1v) is 10.3. The monoisotopic (exact) mass is 401 g/mol. The summed E-state index contributed by atoms with van der Waals surface area (Å²) in [5.41, 5.74) is 6.93. The molecule has 2 heterocycles. The predicted octanol–water partition coefficient (Wildman–Crippen LogP) is 1.26. The molecule has 1 aromatic heterocycles. The number of nitrogen functional groups attached to an aromatic ring is 1. The van der Waals surface area contributed by atoms with Gasteiger partial charge in [-0.1, -0.05) is 43.7 Å². The summed E-state index contributed by atoms with van der Waals surface area (Å²) in [5.74, 6) is 0.241. The van der Waals surface area contributed by atoms with Crippen molar-refractivity contribution in [1.29, 1.82) is 0 Å². The van der Waals surface area contributed by atoms with Gasteiger partial charge in [0.25, 0.3) is 5.56 Å². The molecule has 1 aliphatic heterocycles. The lowest BCUT2D eigenvalue weighted by Gasteiger charge is -2.31. The third-order valence-electron chi connectivity index (χ3n) is 5.27. The average Bonchev–Trinajstić information content (AvgIpc) is 2.73. The van der Waals surface area contributed by atoms with Gasteiger partial charge in [-0.3, -0.25) is 19.2 Å². The van der Waals surface area contributed by atoms with Crippen molar-refractivity contribution in [2.24, 2.45) is 0 Å². The molecule has 0 saturated carbocycles. The van der Waals surface area contributed by atoms with E-state index >= 15 is 0 Å². The lowest BCUT2D eigenvalue weighted by atomic mass is 10.2. The number of aromatic amines is 1. The highest BCUT2D eigenvalue weighted by atomic mass is 16.5. The fraction of sp³-hybridized carbons (Fsp3) is 0.524. The first kappa shape index (κ1) is 21.1. The van der Waals surface area contributed by atoms with Gasteiger partial charge >= 0.3 is 5.69 Å². The maximum atomic E-state index is 12.7. The number of H-pyrrole nitrogens is 1. The minimum atomic E-state index is -0.447. The van der Waals surface area contributed by atoms with Crippen LogP contribution in [0.25, 0.3) is 0 Å². The van der Waals surface area contributed by atoms with Crippen LogP contribution in [0.1, 0.15) is 25.3 Å². The highest BCUT2D eigenvalue weighted by Crippen LogP contribution is 2.20. The SMILES string of the molecule is CCCCn1c(N)c(N(CCN2CCOCC2)Cc2ccccc2)c(=O)[nH]c1=O. The Kier molecular flexibility index (Phi) is 7.48. The number of hydrogen-bond acceptors (Lipinski definition) is 6. The number of nitrogens with zero attached hydrogens (tertiary/aromatic N) is 3. The van der Waals surface area contributed by atoms with Gasteiger partial charge in [0, 0.05) is 39.3 Å². The zero-order valence-electron chi connectivity index (χ0n) is 17.1. The number of benzene rings is 1. The fourth-order valence-electron chi connectivity index (χ4n) is 3.58. The summed E-state index contributed by atoms with van der Waals surface area (Å²) >= 11 is 0. The summed E-state index contributed by atoms with van der Waals surface area (Å²) in [6, 6.07) is 9.97. The first-order valence-electron chi connectivity index (χ1n) is 10.3. The molecule has 1 saturated heterocycles. The van der Waals surface area contributed by atoms with Crippen molar-refractivity contribution in [2.75, 3.05) is 50.0 Å². The number of unbranched alkanes of at least 4 members (excludes halogenated alkanes) is 1.